The van der Waals surface area contributed by atoms with Gasteiger partial charge in [-0.1, -0.05) is 13.0 Å². The van der Waals surface area contributed by atoms with E-state index in [1.807, 2.05) is 6.92 Å². The van der Waals surface area contributed by atoms with Crippen LogP contribution in [0.2, 0.25) is 5.82 Å². The first-order valence-corrected chi connectivity index (χ1v) is 9.99. The fourth-order valence-electron chi connectivity index (χ4n) is 3.14. The van der Waals surface area contributed by atoms with E-state index in [0.717, 1.165) is 6.42 Å². The highest BCUT2D eigenvalue weighted by molar-refractivity contribution is 6.47. The average molecular weight is 420 g/mol. The largest absolute Gasteiger partial charge is 0.535 e. The van der Waals surface area contributed by atoms with Crippen molar-refractivity contribution in [2.24, 2.45) is 5.41 Å². The first kappa shape index (κ1) is 23.7. The zero-order chi connectivity index (χ0) is 22.5. The maximum absolute atomic E-state index is 12.7. The van der Waals surface area contributed by atoms with Gasteiger partial charge >= 0.3 is 19.1 Å². The summed E-state index contributed by atoms with van der Waals surface area (Å²) < 4.78 is 20.9. The number of carbonyl (C=O) groups is 3. The Hall–Kier alpha value is -2.55. The van der Waals surface area contributed by atoms with Gasteiger partial charge in [0.15, 0.2) is 0 Å². The van der Waals surface area contributed by atoms with Crippen molar-refractivity contribution in [1.82, 2.24) is 0 Å². The Morgan fingerprint density at radius 3 is 2.53 bits per heavy atom. The van der Waals surface area contributed by atoms with Crippen LogP contribution in [-0.4, -0.2) is 43.8 Å². The van der Waals surface area contributed by atoms with Crippen LogP contribution in [0.3, 0.4) is 0 Å². The van der Waals surface area contributed by atoms with Crippen molar-refractivity contribution in [3.63, 3.8) is 0 Å². The molecule has 1 heterocycles. The van der Waals surface area contributed by atoms with Gasteiger partial charge in [-0.3, -0.25) is 9.59 Å². The highest BCUT2D eigenvalue weighted by Gasteiger charge is 2.39. The number of carbonyl (C=O) groups excluding carboxylic acids is 3. The third-order valence-electron chi connectivity index (χ3n) is 4.76. The molecule has 2 rings (SSSR count). The van der Waals surface area contributed by atoms with Crippen LogP contribution in [0.1, 0.15) is 62.9 Å². The lowest BCUT2D eigenvalue weighted by Gasteiger charge is -2.29. The Morgan fingerprint density at radius 1 is 1.23 bits per heavy atom. The lowest BCUT2D eigenvalue weighted by molar-refractivity contribution is -0.161. The van der Waals surface area contributed by atoms with Crippen LogP contribution >= 0.6 is 0 Å². The molecule has 0 unspecified atom stereocenters. The van der Waals surface area contributed by atoms with Gasteiger partial charge in [0.05, 0.1) is 12.5 Å². The average Bonchev–Trinajstić information content (AvgIpc) is 2.67. The fourth-order valence-corrected chi connectivity index (χ4v) is 3.14. The summed E-state index contributed by atoms with van der Waals surface area (Å²) in [5.74, 6) is -1.31. The predicted molar refractivity (Wildman–Crippen MR) is 109 cm³/mol. The Labute approximate surface area is 177 Å². The maximum atomic E-state index is 12.7. The number of ketones is 1. The molecule has 0 saturated heterocycles. The first-order chi connectivity index (χ1) is 14.1. The second kappa shape index (κ2) is 9.97. The van der Waals surface area contributed by atoms with E-state index in [2.05, 4.69) is 0 Å². The highest BCUT2D eigenvalue weighted by atomic mass is 16.7. The smallest absolute Gasteiger partial charge is 0.526 e. The summed E-state index contributed by atoms with van der Waals surface area (Å²) in [6.07, 6.45) is 1.76. The van der Waals surface area contributed by atoms with E-state index in [9.17, 15) is 19.4 Å². The van der Waals surface area contributed by atoms with E-state index < -0.39 is 37.1 Å². The number of benzene rings is 1. The number of hydrogen-bond acceptors (Lipinski definition) is 8. The standard InChI is InChI=1S/C21H29BO8/c1-6-7-15(23)11-14-10-13-8-9-16(27-5)17(18(13)30-22(14)26)19(24)28-12-29-20(25)21(2,3)4/h8-9,14,26H,6-7,10-12H2,1-5H3/t14-/m1/s1. The number of hydrogen-bond donors (Lipinski definition) is 1. The molecule has 1 aliphatic heterocycles. The molecule has 0 aliphatic carbocycles. The quantitative estimate of drug-likeness (QED) is 0.389. The summed E-state index contributed by atoms with van der Waals surface area (Å²) in [6.45, 7) is 6.42. The first-order valence-electron chi connectivity index (χ1n) is 9.99. The van der Waals surface area contributed by atoms with Gasteiger partial charge in [0.2, 0.25) is 6.79 Å². The minimum atomic E-state index is -1.24. The van der Waals surface area contributed by atoms with Gasteiger partial charge in [0, 0.05) is 18.7 Å². The molecule has 8 nitrogen and oxygen atoms in total. The Bertz CT molecular complexity index is 799. The summed E-state index contributed by atoms with van der Waals surface area (Å²) >= 11 is 0. The third-order valence-corrected chi connectivity index (χ3v) is 4.76. The molecule has 1 atom stereocenters. The zero-order valence-electron chi connectivity index (χ0n) is 18.1. The van der Waals surface area contributed by atoms with Crippen molar-refractivity contribution < 1.29 is 38.3 Å². The molecule has 0 fully saturated rings. The number of rotatable bonds is 8. The maximum Gasteiger partial charge on any atom is 0.526 e. The van der Waals surface area contributed by atoms with Gasteiger partial charge in [0.25, 0.3) is 0 Å². The van der Waals surface area contributed by atoms with Crippen molar-refractivity contribution in [2.75, 3.05) is 13.9 Å². The summed E-state index contributed by atoms with van der Waals surface area (Å²) in [5.41, 5.74) is -0.0683. The fraction of sp³-hybridized carbons (Fsp3) is 0.571. The molecule has 30 heavy (non-hydrogen) atoms. The molecular formula is C21H29BO8. The normalized spacial score (nSPS) is 15.7. The van der Waals surface area contributed by atoms with Gasteiger partial charge < -0.3 is 23.9 Å². The van der Waals surface area contributed by atoms with Gasteiger partial charge in [-0.05, 0) is 45.2 Å². The van der Waals surface area contributed by atoms with Crippen molar-refractivity contribution in [3.05, 3.63) is 23.3 Å². The van der Waals surface area contributed by atoms with Crippen LogP contribution in [0.25, 0.3) is 0 Å². The van der Waals surface area contributed by atoms with E-state index >= 15 is 0 Å². The van der Waals surface area contributed by atoms with Crippen LogP contribution in [0.5, 0.6) is 11.5 Å². The zero-order valence-corrected chi connectivity index (χ0v) is 18.1. The lowest BCUT2D eigenvalue weighted by atomic mass is 9.64. The monoisotopic (exact) mass is 420 g/mol. The summed E-state index contributed by atoms with van der Waals surface area (Å²) in [7, 11) is 0.152. The van der Waals surface area contributed by atoms with Crippen LogP contribution in [-0.2, 0) is 25.5 Å². The van der Waals surface area contributed by atoms with Crippen LogP contribution in [0, 0.1) is 5.41 Å². The minimum Gasteiger partial charge on any atom is -0.535 e. The lowest BCUT2D eigenvalue weighted by Crippen LogP contribution is -2.36. The molecule has 1 N–H and O–H groups in total. The Kier molecular flexibility index (Phi) is 7.89. The summed E-state index contributed by atoms with van der Waals surface area (Å²) in [5, 5.41) is 10.4. The number of fused-ring (bicyclic) bond motifs is 1. The molecule has 0 spiro atoms. The Balaban J connectivity index is 2.18. The van der Waals surface area contributed by atoms with E-state index in [4.69, 9.17) is 18.9 Å². The molecule has 0 radical (unpaired) electrons. The molecular weight excluding hydrogens is 391 g/mol. The van der Waals surface area contributed by atoms with Gasteiger partial charge in [0.1, 0.15) is 22.8 Å². The highest BCUT2D eigenvalue weighted by Crippen LogP contribution is 2.40. The molecule has 1 aromatic rings. The van der Waals surface area contributed by atoms with Gasteiger partial charge in [-0.2, -0.15) is 0 Å². The Morgan fingerprint density at radius 2 is 1.93 bits per heavy atom. The number of methoxy groups -OCH3 is 1. The van der Waals surface area contributed by atoms with E-state index in [0.29, 0.717) is 18.4 Å². The predicted octanol–water partition coefficient (Wildman–Crippen LogP) is 2.94. The molecule has 9 heteroatoms. The van der Waals surface area contributed by atoms with E-state index in [-0.39, 0.29) is 29.3 Å². The van der Waals surface area contributed by atoms with Crippen molar-refractivity contribution in [2.45, 2.75) is 59.2 Å². The summed E-state index contributed by atoms with van der Waals surface area (Å²) in [6, 6.07) is 3.33. The molecule has 164 valence electrons. The summed E-state index contributed by atoms with van der Waals surface area (Å²) in [4.78, 5) is 36.5. The molecule has 0 aromatic heterocycles. The van der Waals surface area contributed by atoms with Crippen molar-refractivity contribution in [3.8, 4) is 11.5 Å². The molecule has 0 bridgehead atoms. The van der Waals surface area contributed by atoms with Gasteiger partial charge in [-0.25, -0.2) is 4.79 Å². The van der Waals surface area contributed by atoms with Gasteiger partial charge in [-0.15, -0.1) is 0 Å². The second-order valence-corrected chi connectivity index (χ2v) is 8.33. The van der Waals surface area contributed by atoms with E-state index in [1.165, 1.54) is 7.11 Å². The molecule has 1 aliphatic rings. The number of ether oxygens (including phenoxy) is 3. The van der Waals surface area contributed by atoms with Crippen LogP contribution in [0.4, 0.5) is 0 Å². The topological polar surface area (TPSA) is 108 Å². The molecule has 0 amide bonds. The number of Topliss-reactive ketones (excluding diaryl/α,β-unsaturated/α-hetero) is 1. The van der Waals surface area contributed by atoms with Crippen LogP contribution < -0.4 is 9.39 Å². The number of esters is 2. The SMILES string of the molecule is CCCC(=O)C[C@H]1Cc2ccc(OC)c(C(=O)OCOC(=O)C(C)(C)C)c2OB1O. The van der Waals surface area contributed by atoms with Crippen molar-refractivity contribution >= 4 is 24.8 Å². The van der Waals surface area contributed by atoms with Crippen molar-refractivity contribution in [1.29, 1.82) is 0 Å². The third kappa shape index (κ3) is 5.75. The molecule has 0 saturated carbocycles. The second-order valence-electron chi connectivity index (χ2n) is 8.33. The van der Waals surface area contributed by atoms with Crippen LogP contribution in [0.15, 0.2) is 12.1 Å². The minimum absolute atomic E-state index is 0.000748. The molecule has 1 aromatic carbocycles. The van der Waals surface area contributed by atoms with E-state index in [1.54, 1.807) is 32.9 Å².